The monoisotopic (exact) mass is 430 g/mol. The van der Waals surface area contributed by atoms with Gasteiger partial charge >= 0.3 is 0 Å². The summed E-state index contributed by atoms with van der Waals surface area (Å²) in [6.07, 6.45) is 0.0672. The maximum Gasteiger partial charge on any atom is 0.281 e. The van der Waals surface area contributed by atoms with Crippen molar-refractivity contribution in [2.24, 2.45) is 0 Å². The zero-order valence-corrected chi connectivity index (χ0v) is 18.2. The second-order valence-electron chi connectivity index (χ2n) is 7.23. The Hall–Kier alpha value is -2.78. The van der Waals surface area contributed by atoms with E-state index >= 15 is 0 Å². The van der Waals surface area contributed by atoms with Gasteiger partial charge in [-0.3, -0.25) is 25.2 Å². The normalized spacial score (nSPS) is 13.8. The van der Waals surface area contributed by atoms with Crippen molar-refractivity contribution >= 4 is 34.1 Å². The third kappa shape index (κ3) is 5.43. The molecular formula is C21H26N4O4S. The van der Waals surface area contributed by atoms with Crippen LogP contribution in [-0.2, 0) is 9.53 Å². The molecule has 1 aliphatic heterocycles. The minimum Gasteiger partial charge on any atom is -0.378 e. The SMILES string of the molecule is Cc1ccc(C(=O)CCC(=O)NNC(=O)c2sc(N3CCOCC3)nc2C)cc1C. The number of thiazole rings is 1. The fraction of sp³-hybridized carbons (Fsp3) is 0.429. The van der Waals surface area contributed by atoms with Crippen molar-refractivity contribution in [2.75, 3.05) is 31.2 Å². The number of hydrogen-bond donors (Lipinski definition) is 2. The minimum atomic E-state index is -0.420. The van der Waals surface area contributed by atoms with E-state index in [0.717, 1.165) is 29.3 Å². The molecule has 1 aromatic carbocycles. The summed E-state index contributed by atoms with van der Waals surface area (Å²) in [5.41, 5.74) is 8.14. The molecule has 2 N–H and O–H groups in total. The van der Waals surface area contributed by atoms with E-state index in [1.807, 2.05) is 26.0 Å². The highest BCUT2D eigenvalue weighted by Crippen LogP contribution is 2.26. The Kier molecular flexibility index (Phi) is 7.17. The van der Waals surface area contributed by atoms with Crippen molar-refractivity contribution in [1.29, 1.82) is 0 Å². The Bertz CT molecular complexity index is 950. The highest BCUT2D eigenvalue weighted by atomic mass is 32.1. The zero-order valence-electron chi connectivity index (χ0n) is 17.4. The van der Waals surface area contributed by atoms with Crippen LogP contribution in [0.3, 0.4) is 0 Å². The number of Topliss-reactive ketones (excluding diaryl/α,β-unsaturated/α-hetero) is 1. The molecule has 3 rings (SSSR count). The molecule has 0 atom stereocenters. The first-order chi connectivity index (χ1) is 14.3. The lowest BCUT2D eigenvalue weighted by atomic mass is 10.0. The summed E-state index contributed by atoms with van der Waals surface area (Å²) in [5.74, 6) is -0.942. The predicted molar refractivity (Wildman–Crippen MR) is 115 cm³/mol. The Labute approximate surface area is 179 Å². The second kappa shape index (κ2) is 9.82. The summed E-state index contributed by atoms with van der Waals surface area (Å²) < 4.78 is 5.33. The number of hydrogen-bond acceptors (Lipinski definition) is 7. The molecule has 160 valence electrons. The number of aryl methyl sites for hydroxylation is 3. The summed E-state index contributed by atoms with van der Waals surface area (Å²) in [6.45, 7) is 8.43. The maximum absolute atomic E-state index is 12.4. The zero-order chi connectivity index (χ0) is 21.7. The molecule has 8 nitrogen and oxygen atoms in total. The molecule has 1 fully saturated rings. The molecule has 1 aliphatic rings. The van der Waals surface area contributed by atoms with Gasteiger partial charge in [0.25, 0.3) is 5.91 Å². The van der Waals surface area contributed by atoms with Crippen LogP contribution < -0.4 is 15.8 Å². The molecule has 9 heteroatoms. The fourth-order valence-corrected chi connectivity index (χ4v) is 4.03. The number of benzene rings is 1. The van der Waals surface area contributed by atoms with Gasteiger partial charge in [0.2, 0.25) is 5.91 Å². The van der Waals surface area contributed by atoms with Crippen LogP contribution in [0, 0.1) is 20.8 Å². The Morgan fingerprint density at radius 2 is 1.80 bits per heavy atom. The summed E-state index contributed by atoms with van der Waals surface area (Å²) in [5, 5.41) is 0.770. The van der Waals surface area contributed by atoms with Gasteiger partial charge in [0, 0.05) is 31.5 Å². The van der Waals surface area contributed by atoms with Crippen LogP contribution in [0.4, 0.5) is 5.13 Å². The molecule has 0 aliphatic carbocycles. The second-order valence-corrected chi connectivity index (χ2v) is 8.21. The van der Waals surface area contributed by atoms with Crippen LogP contribution in [0.5, 0.6) is 0 Å². The molecule has 0 saturated carbocycles. The highest BCUT2D eigenvalue weighted by molar-refractivity contribution is 7.17. The maximum atomic E-state index is 12.4. The number of rotatable bonds is 6. The highest BCUT2D eigenvalue weighted by Gasteiger charge is 2.21. The lowest BCUT2D eigenvalue weighted by Gasteiger charge is -2.25. The number of nitrogens with one attached hydrogen (secondary N) is 2. The summed E-state index contributed by atoms with van der Waals surface area (Å²) in [4.78, 5) is 43.8. The molecule has 0 radical (unpaired) electrons. The average Bonchev–Trinajstić information content (AvgIpc) is 3.14. The molecule has 2 amide bonds. The van der Waals surface area contributed by atoms with Crippen molar-refractivity contribution in [3.05, 3.63) is 45.5 Å². The average molecular weight is 431 g/mol. The first-order valence-corrected chi connectivity index (χ1v) is 10.7. The summed E-state index contributed by atoms with van der Waals surface area (Å²) in [6, 6.07) is 5.49. The van der Waals surface area contributed by atoms with E-state index in [4.69, 9.17) is 4.74 Å². The molecule has 0 bridgehead atoms. The van der Waals surface area contributed by atoms with Gasteiger partial charge in [-0.2, -0.15) is 0 Å². The number of hydrazine groups is 1. The minimum absolute atomic E-state index is 0.00720. The Morgan fingerprint density at radius 3 is 2.50 bits per heavy atom. The van der Waals surface area contributed by atoms with Gasteiger partial charge in [-0.05, 0) is 38.0 Å². The number of anilines is 1. The number of ketones is 1. The molecule has 1 aromatic heterocycles. The van der Waals surface area contributed by atoms with E-state index in [1.165, 1.54) is 11.3 Å². The van der Waals surface area contributed by atoms with Gasteiger partial charge in [-0.15, -0.1) is 0 Å². The molecule has 2 aromatic rings. The van der Waals surface area contributed by atoms with Crippen molar-refractivity contribution in [3.8, 4) is 0 Å². The quantitative estimate of drug-likeness (QED) is 0.539. The lowest BCUT2D eigenvalue weighted by Crippen LogP contribution is -2.41. The van der Waals surface area contributed by atoms with E-state index in [-0.39, 0.29) is 18.6 Å². The van der Waals surface area contributed by atoms with Crippen molar-refractivity contribution in [1.82, 2.24) is 15.8 Å². The van der Waals surface area contributed by atoms with Crippen LogP contribution in [0.15, 0.2) is 18.2 Å². The summed E-state index contributed by atoms with van der Waals surface area (Å²) in [7, 11) is 0. The molecule has 30 heavy (non-hydrogen) atoms. The van der Waals surface area contributed by atoms with Gasteiger partial charge in [0.1, 0.15) is 4.88 Å². The Morgan fingerprint density at radius 1 is 1.07 bits per heavy atom. The van der Waals surface area contributed by atoms with E-state index in [1.54, 1.807) is 13.0 Å². The van der Waals surface area contributed by atoms with Crippen LogP contribution in [0.25, 0.3) is 0 Å². The number of carbonyl (C=O) groups excluding carboxylic acids is 3. The van der Waals surface area contributed by atoms with Gasteiger partial charge in [0.15, 0.2) is 10.9 Å². The third-order valence-electron chi connectivity index (χ3n) is 5.00. The number of amides is 2. The molecule has 0 spiro atoms. The Balaban J connectivity index is 1.48. The van der Waals surface area contributed by atoms with Crippen molar-refractivity contribution in [2.45, 2.75) is 33.6 Å². The van der Waals surface area contributed by atoms with E-state index in [2.05, 4.69) is 20.7 Å². The predicted octanol–water partition coefficient (Wildman–Crippen LogP) is 2.33. The fourth-order valence-electron chi connectivity index (χ4n) is 3.01. The number of carbonyl (C=O) groups is 3. The number of morpholine rings is 1. The van der Waals surface area contributed by atoms with E-state index in [9.17, 15) is 14.4 Å². The first-order valence-electron chi connectivity index (χ1n) is 9.85. The van der Waals surface area contributed by atoms with Gasteiger partial charge in [0.05, 0.1) is 18.9 Å². The van der Waals surface area contributed by atoms with Crippen LogP contribution in [0.1, 0.15) is 49.7 Å². The van der Waals surface area contributed by atoms with Gasteiger partial charge in [-0.1, -0.05) is 23.5 Å². The van der Waals surface area contributed by atoms with Crippen LogP contribution in [-0.4, -0.2) is 48.9 Å². The van der Waals surface area contributed by atoms with Gasteiger partial charge < -0.3 is 9.64 Å². The van der Waals surface area contributed by atoms with Gasteiger partial charge in [-0.25, -0.2) is 4.98 Å². The lowest BCUT2D eigenvalue weighted by molar-refractivity contribution is -0.121. The topological polar surface area (TPSA) is 101 Å². The van der Waals surface area contributed by atoms with Crippen LogP contribution >= 0.6 is 11.3 Å². The molecule has 2 heterocycles. The van der Waals surface area contributed by atoms with Crippen molar-refractivity contribution in [3.63, 3.8) is 0 Å². The van der Waals surface area contributed by atoms with Crippen molar-refractivity contribution < 1.29 is 19.1 Å². The van der Waals surface area contributed by atoms with E-state index < -0.39 is 11.8 Å². The number of nitrogens with zero attached hydrogens (tertiary/aromatic N) is 2. The van der Waals surface area contributed by atoms with Crippen LogP contribution in [0.2, 0.25) is 0 Å². The number of aromatic nitrogens is 1. The summed E-state index contributed by atoms with van der Waals surface area (Å²) >= 11 is 1.29. The number of ether oxygens (including phenoxy) is 1. The molecular weight excluding hydrogens is 404 g/mol. The standard InChI is InChI=1S/C21H26N4O4S/c1-13-4-5-16(12-14(13)2)17(26)6-7-18(27)23-24-20(28)19-15(3)22-21(30-19)25-8-10-29-11-9-25/h4-5,12H,6-11H2,1-3H3,(H,23,27)(H,24,28). The third-order valence-corrected chi connectivity index (χ3v) is 6.21. The largest absolute Gasteiger partial charge is 0.378 e. The van der Waals surface area contributed by atoms with E-state index in [0.29, 0.717) is 29.3 Å². The molecule has 1 saturated heterocycles. The first kappa shape index (κ1) is 21.9. The molecule has 0 unspecified atom stereocenters. The smallest absolute Gasteiger partial charge is 0.281 e.